The molecule has 0 bridgehead atoms. The molecule has 1 saturated carbocycles. The Morgan fingerprint density at radius 1 is 1.00 bits per heavy atom. The summed E-state index contributed by atoms with van der Waals surface area (Å²) < 4.78 is 1.06. The quantitative estimate of drug-likeness (QED) is 0.592. The summed E-state index contributed by atoms with van der Waals surface area (Å²) in [5, 5.41) is 0. The minimum absolute atomic E-state index is 0.658. The van der Waals surface area contributed by atoms with Crippen molar-refractivity contribution in [2.24, 2.45) is 10.8 Å². The summed E-state index contributed by atoms with van der Waals surface area (Å²) in [5.41, 5.74) is 1.32. The SMILES string of the molecule is CC1(C)CCCC(C)(C)[CH]1[Hg]. The molecule has 1 rings (SSSR count). The molecular formula is C10H19Hg. The third kappa shape index (κ3) is 1.99. The van der Waals surface area contributed by atoms with E-state index in [1.54, 1.807) is 0 Å². The molecule has 0 aromatic rings. The van der Waals surface area contributed by atoms with E-state index in [0.717, 1.165) is 29.5 Å². The Labute approximate surface area is 87.1 Å². The molecule has 1 aliphatic rings. The molecule has 0 unspecified atom stereocenters. The van der Waals surface area contributed by atoms with Gasteiger partial charge in [-0.1, -0.05) is 0 Å². The molecule has 0 radical (unpaired) electrons. The summed E-state index contributed by atoms with van der Waals surface area (Å²) in [6.07, 6.45) is 4.38. The average Bonchev–Trinajstić information content (AvgIpc) is 1.82. The molecule has 0 amide bonds. The van der Waals surface area contributed by atoms with Gasteiger partial charge in [-0.25, -0.2) is 0 Å². The van der Waals surface area contributed by atoms with Gasteiger partial charge in [-0.2, -0.15) is 0 Å². The van der Waals surface area contributed by atoms with Crippen molar-refractivity contribution in [3.8, 4) is 0 Å². The second kappa shape index (κ2) is 3.01. The van der Waals surface area contributed by atoms with Crippen LogP contribution in [0.3, 0.4) is 0 Å². The van der Waals surface area contributed by atoms with Gasteiger partial charge in [0, 0.05) is 0 Å². The zero-order valence-corrected chi connectivity index (χ0v) is 13.9. The summed E-state index contributed by atoms with van der Waals surface area (Å²) in [4.78, 5) is 0. The zero-order valence-electron chi connectivity index (χ0n) is 8.41. The van der Waals surface area contributed by atoms with Crippen molar-refractivity contribution in [1.82, 2.24) is 0 Å². The zero-order chi connectivity index (χ0) is 8.70. The van der Waals surface area contributed by atoms with Gasteiger partial charge in [0.15, 0.2) is 0 Å². The average molecular weight is 340 g/mol. The third-order valence-corrected chi connectivity index (χ3v) is 12.1. The van der Waals surface area contributed by atoms with Gasteiger partial charge in [0.25, 0.3) is 0 Å². The minimum atomic E-state index is 0.658. The first-order valence-electron chi connectivity index (χ1n) is 4.69. The fourth-order valence-corrected chi connectivity index (χ4v) is 3.99. The van der Waals surface area contributed by atoms with Crippen LogP contribution in [0.25, 0.3) is 0 Å². The van der Waals surface area contributed by atoms with Gasteiger partial charge in [-0.15, -0.1) is 0 Å². The van der Waals surface area contributed by atoms with E-state index < -0.39 is 0 Å². The van der Waals surface area contributed by atoms with E-state index in [-0.39, 0.29) is 0 Å². The second-order valence-electron chi connectivity index (χ2n) is 5.38. The maximum absolute atomic E-state index is 2.46. The van der Waals surface area contributed by atoms with Crippen molar-refractivity contribution in [1.29, 1.82) is 0 Å². The molecule has 0 N–H and O–H groups in total. The van der Waals surface area contributed by atoms with Gasteiger partial charge in [-0.05, 0) is 0 Å². The Hall–Kier alpha value is 0.935. The molecule has 0 heterocycles. The first-order chi connectivity index (χ1) is 4.86. The number of hydrogen-bond acceptors (Lipinski definition) is 0. The van der Waals surface area contributed by atoms with Crippen LogP contribution in [0, 0.1) is 10.8 Å². The first-order valence-corrected chi connectivity index (χ1v) is 7.87. The van der Waals surface area contributed by atoms with E-state index >= 15 is 0 Å². The van der Waals surface area contributed by atoms with Crippen LogP contribution in [0.5, 0.6) is 0 Å². The Balaban J connectivity index is 2.76. The van der Waals surface area contributed by atoms with E-state index in [0.29, 0.717) is 10.8 Å². The molecule has 61 valence electrons. The molecule has 11 heavy (non-hydrogen) atoms. The summed E-state index contributed by atoms with van der Waals surface area (Å²) in [6, 6.07) is 0. The van der Waals surface area contributed by atoms with Crippen molar-refractivity contribution >= 4 is 0 Å². The van der Waals surface area contributed by atoms with E-state index in [2.05, 4.69) is 27.7 Å². The number of rotatable bonds is 0. The molecule has 0 aromatic heterocycles. The van der Waals surface area contributed by atoms with Crippen molar-refractivity contribution in [2.45, 2.75) is 50.4 Å². The van der Waals surface area contributed by atoms with Crippen molar-refractivity contribution in [2.75, 3.05) is 0 Å². The molecule has 1 fully saturated rings. The van der Waals surface area contributed by atoms with Crippen LogP contribution in [0.15, 0.2) is 0 Å². The van der Waals surface area contributed by atoms with Gasteiger partial charge < -0.3 is 0 Å². The summed E-state index contributed by atoms with van der Waals surface area (Å²) in [5.74, 6) is 0. The van der Waals surface area contributed by atoms with E-state index in [4.69, 9.17) is 0 Å². The van der Waals surface area contributed by atoms with Crippen molar-refractivity contribution in [3.05, 3.63) is 0 Å². The van der Waals surface area contributed by atoms with Gasteiger partial charge >= 0.3 is 87.3 Å². The molecule has 0 spiro atoms. The van der Waals surface area contributed by atoms with Crippen LogP contribution >= 0.6 is 0 Å². The van der Waals surface area contributed by atoms with Crippen LogP contribution in [-0.4, -0.2) is 0 Å². The fourth-order valence-electron chi connectivity index (χ4n) is 2.41. The van der Waals surface area contributed by atoms with Crippen molar-refractivity contribution < 1.29 is 26.1 Å². The molecule has 1 heteroatoms. The molecule has 0 saturated heterocycles. The molecule has 0 aromatic carbocycles. The van der Waals surface area contributed by atoms with E-state index in [9.17, 15) is 0 Å². The normalized spacial score (nSPS) is 30.4. The van der Waals surface area contributed by atoms with E-state index in [1.165, 1.54) is 19.3 Å². The van der Waals surface area contributed by atoms with Crippen LogP contribution in [0.1, 0.15) is 47.0 Å². The summed E-state index contributed by atoms with van der Waals surface area (Å²) in [7, 11) is 0. The molecule has 0 aliphatic heterocycles. The van der Waals surface area contributed by atoms with E-state index in [1.807, 2.05) is 0 Å². The standard InChI is InChI=1S/C10H19.Hg/c1-9(2)6-5-7-10(3,4)8-9;/h8H,5-7H2,1-4H3;. The second-order valence-corrected chi connectivity index (χ2v) is 8.56. The van der Waals surface area contributed by atoms with Crippen LogP contribution in [0.2, 0.25) is 3.43 Å². The Bertz CT molecular complexity index is 131. The van der Waals surface area contributed by atoms with Crippen LogP contribution in [0.4, 0.5) is 0 Å². The molecule has 1 aliphatic carbocycles. The number of hydrogen-bond donors (Lipinski definition) is 0. The maximum atomic E-state index is 2.46. The van der Waals surface area contributed by atoms with Gasteiger partial charge in [-0.3, -0.25) is 0 Å². The Kier molecular flexibility index (Phi) is 2.74. The van der Waals surface area contributed by atoms with Gasteiger partial charge in [0.1, 0.15) is 0 Å². The third-order valence-electron chi connectivity index (χ3n) is 3.53. The van der Waals surface area contributed by atoms with Crippen LogP contribution in [-0.2, 0) is 26.1 Å². The Morgan fingerprint density at radius 3 is 1.64 bits per heavy atom. The molecule has 0 nitrogen and oxygen atoms in total. The first kappa shape index (κ1) is 10.0. The Morgan fingerprint density at radius 2 is 1.36 bits per heavy atom. The van der Waals surface area contributed by atoms with Crippen molar-refractivity contribution in [3.63, 3.8) is 0 Å². The van der Waals surface area contributed by atoms with Gasteiger partial charge in [0.2, 0.25) is 0 Å². The molecule has 0 atom stereocenters. The van der Waals surface area contributed by atoms with Crippen LogP contribution < -0.4 is 0 Å². The summed E-state index contributed by atoms with van der Waals surface area (Å²) >= 11 is 0.948. The monoisotopic (exact) mass is 341 g/mol. The van der Waals surface area contributed by atoms with Gasteiger partial charge in [0.05, 0.1) is 0 Å². The molecular weight excluding hydrogens is 321 g/mol. The topological polar surface area (TPSA) is 0 Å². The predicted molar refractivity (Wildman–Crippen MR) is 45.2 cm³/mol. The summed E-state index contributed by atoms with van der Waals surface area (Å²) in [6.45, 7) is 9.86. The predicted octanol–water partition coefficient (Wildman–Crippen LogP) is 3.56. The fraction of sp³-hybridized carbons (Fsp3) is 1.00.